The molecule has 1 aliphatic rings. The second kappa shape index (κ2) is 5.94. The van der Waals surface area contributed by atoms with Gasteiger partial charge in [0, 0.05) is 36.9 Å². The molecule has 0 atom stereocenters. The van der Waals surface area contributed by atoms with E-state index in [4.69, 9.17) is 0 Å². The summed E-state index contributed by atoms with van der Waals surface area (Å²) >= 11 is 1.86. The van der Waals surface area contributed by atoms with Gasteiger partial charge >= 0.3 is 0 Å². The number of hydrogen-bond acceptors (Lipinski definition) is 2. The van der Waals surface area contributed by atoms with Crippen LogP contribution in [0, 0.1) is 0 Å². The van der Waals surface area contributed by atoms with Gasteiger partial charge in [-0.2, -0.15) is 0 Å². The number of anilines is 2. The second-order valence-electron chi connectivity index (χ2n) is 7.87. The van der Waals surface area contributed by atoms with Crippen molar-refractivity contribution in [2.75, 3.05) is 5.32 Å². The third-order valence-corrected chi connectivity index (χ3v) is 7.34. The van der Waals surface area contributed by atoms with Crippen LogP contribution < -0.4 is 5.32 Å². The van der Waals surface area contributed by atoms with Crippen LogP contribution in [0.3, 0.4) is 0 Å². The standard InChI is InChI=1S/C28H17NS/c1-2-7-19-18(6-1)22-9-5-10-24-25(15-14-23(19)28(22)24)29-17-12-13-21-20-8-3-4-11-26(20)30-27(21)16-17/h1-16,29H. The van der Waals surface area contributed by atoms with E-state index < -0.39 is 0 Å². The minimum Gasteiger partial charge on any atom is -0.355 e. The quantitative estimate of drug-likeness (QED) is 0.307. The van der Waals surface area contributed by atoms with Crippen LogP contribution in [0.1, 0.15) is 0 Å². The summed E-state index contributed by atoms with van der Waals surface area (Å²) in [5, 5.41) is 9.00. The van der Waals surface area contributed by atoms with Crippen molar-refractivity contribution in [3.63, 3.8) is 0 Å². The van der Waals surface area contributed by atoms with Crippen molar-refractivity contribution in [1.29, 1.82) is 0 Å². The Morgan fingerprint density at radius 2 is 1.20 bits per heavy atom. The lowest BCUT2D eigenvalue weighted by molar-refractivity contribution is 1.61. The summed E-state index contributed by atoms with van der Waals surface area (Å²) in [4.78, 5) is 0. The van der Waals surface area contributed by atoms with Crippen molar-refractivity contribution < 1.29 is 0 Å². The Bertz CT molecular complexity index is 1590. The maximum Gasteiger partial charge on any atom is 0.0464 e. The normalized spacial score (nSPS) is 12.0. The van der Waals surface area contributed by atoms with E-state index in [-0.39, 0.29) is 0 Å². The summed E-state index contributed by atoms with van der Waals surface area (Å²) in [5.74, 6) is 0. The minimum atomic E-state index is 1.13. The van der Waals surface area contributed by atoms with E-state index in [2.05, 4.69) is 102 Å². The van der Waals surface area contributed by atoms with Crippen molar-refractivity contribution in [2.45, 2.75) is 0 Å². The topological polar surface area (TPSA) is 12.0 Å². The number of thiophene rings is 1. The fourth-order valence-electron chi connectivity index (χ4n) is 4.88. The average Bonchev–Trinajstić information content (AvgIpc) is 3.32. The Kier molecular flexibility index (Phi) is 3.21. The molecule has 1 heterocycles. The Balaban J connectivity index is 1.38. The Morgan fingerprint density at radius 1 is 0.500 bits per heavy atom. The van der Waals surface area contributed by atoms with Crippen LogP contribution in [0.25, 0.3) is 53.2 Å². The van der Waals surface area contributed by atoms with Crippen LogP contribution in [-0.2, 0) is 0 Å². The van der Waals surface area contributed by atoms with Gasteiger partial charge < -0.3 is 5.32 Å². The molecular weight excluding hydrogens is 382 g/mol. The summed E-state index contributed by atoms with van der Waals surface area (Å²) in [6, 6.07) is 35.2. The summed E-state index contributed by atoms with van der Waals surface area (Å²) < 4.78 is 2.66. The molecule has 30 heavy (non-hydrogen) atoms. The molecule has 140 valence electrons. The van der Waals surface area contributed by atoms with Crippen molar-refractivity contribution in [2.24, 2.45) is 0 Å². The SMILES string of the molecule is c1ccc2c(c1)-c1cccc3c(Nc4ccc5c(c4)sc4ccccc45)ccc-2c13. The highest BCUT2D eigenvalue weighted by Gasteiger charge is 2.21. The predicted octanol–water partition coefficient (Wildman–Crippen LogP) is 8.60. The molecule has 0 bridgehead atoms. The Morgan fingerprint density at radius 3 is 2.10 bits per heavy atom. The molecular formula is C28H17NS. The number of nitrogens with one attached hydrogen (secondary N) is 1. The van der Waals surface area contributed by atoms with Gasteiger partial charge in [0.05, 0.1) is 0 Å². The van der Waals surface area contributed by atoms with Gasteiger partial charge in [-0.3, -0.25) is 0 Å². The molecule has 0 saturated carbocycles. The number of rotatable bonds is 2. The van der Waals surface area contributed by atoms with Gasteiger partial charge in [-0.25, -0.2) is 0 Å². The summed E-state index contributed by atoms with van der Waals surface area (Å²) in [6.45, 7) is 0. The molecule has 1 N–H and O–H groups in total. The lowest BCUT2D eigenvalue weighted by atomic mass is 10.0. The average molecular weight is 400 g/mol. The van der Waals surface area contributed by atoms with Gasteiger partial charge in [0.15, 0.2) is 0 Å². The maximum atomic E-state index is 3.70. The molecule has 1 aliphatic carbocycles. The minimum absolute atomic E-state index is 1.13. The third kappa shape index (κ3) is 2.17. The van der Waals surface area contributed by atoms with Crippen LogP contribution in [0.4, 0.5) is 11.4 Å². The molecule has 6 aromatic rings. The van der Waals surface area contributed by atoms with Gasteiger partial charge in [-0.1, -0.05) is 72.8 Å². The molecule has 7 rings (SSSR count). The monoisotopic (exact) mass is 399 g/mol. The molecule has 0 fully saturated rings. The van der Waals surface area contributed by atoms with Crippen molar-refractivity contribution in [3.8, 4) is 22.3 Å². The molecule has 0 unspecified atom stereocenters. The van der Waals surface area contributed by atoms with Crippen LogP contribution in [-0.4, -0.2) is 0 Å². The first-order valence-corrected chi connectivity index (χ1v) is 11.0. The smallest absolute Gasteiger partial charge is 0.0464 e. The van der Waals surface area contributed by atoms with E-state index in [1.807, 2.05) is 11.3 Å². The van der Waals surface area contributed by atoms with Gasteiger partial charge in [-0.15, -0.1) is 11.3 Å². The summed E-state index contributed by atoms with van der Waals surface area (Å²) in [6.07, 6.45) is 0. The molecule has 1 nitrogen and oxygen atoms in total. The highest BCUT2D eigenvalue weighted by atomic mass is 32.1. The van der Waals surface area contributed by atoms with E-state index in [1.54, 1.807) is 0 Å². The Labute approximate surface area is 178 Å². The maximum absolute atomic E-state index is 3.70. The van der Waals surface area contributed by atoms with Crippen molar-refractivity contribution in [3.05, 3.63) is 97.1 Å². The molecule has 0 saturated heterocycles. The fourth-order valence-corrected chi connectivity index (χ4v) is 6.02. The zero-order chi connectivity index (χ0) is 19.7. The first-order chi connectivity index (χ1) is 14.9. The number of hydrogen-bond donors (Lipinski definition) is 1. The van der Waals surface area contributed by atoms with E-state index in [0.29, 0.717) is 0 Å². The van der Waals surface area contributed by atoms with E-state index in [9.17, 15) is 0 Å². The molecule has 0 aliphatic heterocycles. The highest BCUT2D eigenvalue weighted by Crippen LogP contribution is 2.49. The van der Waals surface area contributed by atoms with Crippen LogP contribution >= 0.6 is 11.3 Å². The molecule has 0 radical (unpaired) electrons. The van der Waals surface area contributed by atoms with Gasteiger partial charge in [0.25, 0.3) is 0 Å². The van der Waals surface area contributed by atoms with Crippen LogP contribution in [0.2, 0.25) is 0 Å². The first kappa shape index (κ1) is 16.2. The third-order valence-electron chi connectivity index (χ3n) is 6.21. The number of benzene rings is 5. The zero-order valence-corrected chi connectivity index (χ0v) is 17.0. The molecule has 5 aromatic carbocycles. The largest absolute Gasteiger partial charge is 0.355 e. The Hall–Kier alpha value is -3.62. The summed E-state index contributed by atoms with van der Waals surface area (Å²) in [5.41, 5.74) is 7.63. The molecule has 0 amide bonds. The highest BCUT2D eigenvalue weighted by molar-refractivity contribution is 7.25. The molecule has 2 heteroatoms. The van der Waals surface area contributed by atoms with Crippen LogP contribution in [0.5, 0.6) is 0 Å². The van der Waals surface area contributed by atoms with Gasteiger partial charge in [0.2, 0.25) is 0 Å². The fraction of sp³-hybridized carbons (Fsp3) is 0. The van der Waals surface area contributed by atoms with Crippen LogP contribution in [0.15, 0.2) is 97.1 Å². The number of fused-ring (bicyclic) bond motifs is 6. The lowest BCUT2D eigenvalue weighted by Crippen LogP contribution is -1.91. The summed E-state index contributed by atoms with van der Waals surface area (Å²) in [7, 11) is 0. The van der Waals surface area contributed by atoms with E-state index >= 15 is 0 Å². The second-order valence-corrected chi connectivity index (χ2v) is 8.95. The predicted molar refractivity (Wildman–Crippen MR) is 131 cm³/mol. The molecule has 0 spiro atoms. The van der Waals surface area contributed by atoms with Crippen molar-refractivity contribution in [1.82, 2.24) is 0 Å². The lowest BCUT2D eigenvalue weighted by Gasteiger charge is -2.12. The van der Waals surface area contributed by atoms with Gasteiger partial charge in [0.1, 0.15) is 0 Å². The first-order valence-electron chi connectivity index (χ1n) is 10.2. The zero-order valence-electron chi connectivity index (χ0n) is 16.1. The van der Waals surface area contributed by atoms with E-state index in [0.717, 1.165) is 11.4 Å². The van der Waals surface area contributed by atoms with Gasteiger partial charge in [-0.05, 0) is 51.9 Å². The molecule has 1 aromatic heterocycles. The van der Waals surface area contributed by atoms with Crippen molar-refractivity contribution >= 4 is 53.7 Å². The van der Waals surface area contributed by atoms with E-state index in [1.165, 1.54) is 53.2 Å².